The number of carbonyl (C=O) groups excluding carboxylic acids is 1. The molecule has 0 radical (unpaired) electrons. The quantitative estimate of drug-likeness (QED) is 0.792. The Morgan fingerprint density at radius 2 is 2.23 bits per heavy atom. The summed E-state index contributed by atoms with van der Waals surface area (Å²) in [6.45, 7) is 4.00. The number of rotatable bonds is 7. The van der Waals surface area contributed by atoms with Crippen molar-refractivity contribution in [1.29, 1.82) is 0 Å². The van der Waals surface area contributed by atoms with Crippen LogP contribution in [-0.4, -0.2) is 43.7 Å². The van der Waals surface area contributed by atoms with Gasteiger partial charge in [-0.05, 0) is 34.2 Å². The molecular formula is C13H17N5O3S. The van der Waals surface area contributed by atoms with E-state index in [1.165, 1.54) is 22.3 Å². The molecule has 1 atom stereocenters. The van der Waals surface area contributed by atoms with Gasteiger partial charge in [-0.15, -0.1) is 16.4 Å². The lowest BCUT2D eigenvalue weighted by molar-refractivity contribution is -0.142. The molecule has 9 heteroatoms. The van der Waals surface area contributed by atoms with Crippen LogP contribution < -0.4 is 5.32 Å². The summed E-state index contributed by atoms with van der Waals surface area (Å²) in [7, 11) is 0. The Kier molecular flexibility index (Phi) is 5.21. The first-order valence-corrected chi connectivity index (χ1v) is 7.69. The minimum absolute atomic E-state index is 0.0965. The zero-order valence-electron chi connectivity index (χ0n) is 12.3. The van der Waals surface area contributed by atoms with E-state index in [0.29, 0.717) is 17.0 Å². The van der Waals surface area contributed by atoms with Gasteiger partial charge in [-0.1, -0.05) is 13.8 Å². The van der Waals surface area contributed by atoms with Crippen LogP contribution in [0.25, 0.3) is 5.69 Å². The average Bonchev–Trinajstić information content (AvgIpc) is 3.11. The first-order valence-electron chi connectivity index (χ1n) is 6.81. The number of hydrogen-bond acceptors (Lipinski definition) is 6. The van der Waals surface area contributed by atoms with Gasteiger partial charge in [-0.3, -0.25) is 9.59 Å². The maximum absolute atomic E-state index is 12.3. The Morgan fingerprint density at radius 3 is 2.82 bits per heavy atom. The van der Waals surface area contributed by atoms with E-state index in [9.17, 15) is 14.7 Å². The number of aliphatic carboxylic acids is 1. The summed E-state index contributed by atoms with van der Waals surface area (Å²) in [5.41, 5.74) is 0.572. The number of hydrogen-bond donors (Lipinski definition) is 2. The van der Waals surface area contributed by atoms with E-state index in [2.05, 4.69) is 20.8 Å². The van der Waals surface area contributed by atoms with Crippen LogP contribution in [0, 0.1) is 11.8 Å². The molecule has 0 aliphatic heterocycles. The molecule has 1 amide bonds. The van der Waals surface area contributed by atoms with Gasteiger partial charge in [0.15, 0.2) is 0 Å². The van der Waals surface area contributed by atoms with Gasteiger partial charge < -0.3 is 10.4 Å². The van der Waals surface area contributed by atoms with Gasteiger partial charge in [-0.25, -0.2) is 0 Å². The predicted molar refractivity (Wildman–Crippen MR) is 79.9 cm³/mol. The number of nitrogens with zero attached hydrogens (tertiary/aromatic N) is 4. The van der Waals surface area contributed by atoms with Crippen molar-refractivity contribution in [2.75, 3.05) is 6.54 Å². The minimum Gasteiger partial charge on any atom is -0.481 e. The summed E-state index contributed by atoms with van der Waals surface area (Å²) < 4.78 is 1.40. The zero-order chi connectivity index (χ0) is 16.1. The Balaban J connectivity index is 2.04. The van der Waals surface area contributed by atoms with Crippen molar-refractivity contribution in [3.8, 4) is 5.69 Å². The lowest BCUT2D eigenvalue weighted by Gasteiger charge is -2.15. The molecule has 0 spiro atoms. The monoisotopic (exact) mass is 323 g/mol. The minimum atomic E-state index is -0.902. The zero-order valence-corrected chi connectivity index (χ0v) is 13.1. The molecule has 0 fully saturated rings. The van der Waals surface area contributed by atoms with E-state index in [1.54, 1.807) is 11.4 Å². The van der Waals surface area contributed by atoms with Crippen LogP contribution in [0.5, 0.6) is 0 Å². The molecule has 2 aromatic rings. The fourth-order valence-corrected chi connectivity index (χ4v) is 2.86. The first kappa shape index (κ1) is 16.1. The Bertz CT molecular complexity index is 638. The number of tetrazole rings is 1. The molecule has 0 saturated carbocycles. The molecule has 0 aliphatic carbocycles. The van der Waals surface area contributed by atoms with Crippen LogP contribution in [0.1, 0.15) is 29.9 Å². The van der Waals surface area contributed by atoms with Crippen LogP contribution >= 0.6 is 11.3 Å². The number of carboxylic acid groups (broad SMARTS) is 1. The molecule has 0 bridgehead atoms. The number of carboxylic acids is 1. The summed E-state index contributed by atoms with van der Waals surface area (Å²) in [5.74, 6) is -1.58. The van der Waals surface area contributed by atoms with E-state index in [4.69, 9.17) is 0 Å². The van der Waals surface area contributed by atoms with Crippen LogP contribution in [0.15, 0.2) is 17.8 Å². The van der Waals surface area contributed by atoms with Gasteiger partial charge in [-0.2, -0.15) is 4.68 Å². The van der Waals surface area contributed by atoms with Crippen LogP contribution in [-0.2, 0) is 4.79 Å². The normalized spacial score (nSPS) is 12.3. The fourth-order valence-electron chi connectivity index (χ4n) is 2.06. The van der Waals surface area contributed by atoms with Gasteiger partial charge >= 0.3 is 5.97 Å². The van der Waals surface area contributed by atoms with Gasteiger partial charge in [0.05, 0.1) is 11.6 Å². The molecule has 2 rings (SSSR count). The van der Waals surface area contributed by atoms with Crippen LogP contribution in [0.3, 0.4) is 0 Å². The van der Waals surface area contributed by atoms with Crippen molar-refractivity contribution in [2.24, 2.45) is 11.8 Å². The SMILES string of the molecule is CC(C)CC(CNC(=O)c1sccc1-n1cnnn1)C(=O)O. The van der Waals surface area contributed by atoms with E-state index < -0.39 is 11.9 Å². The Morgan fingerprint density at radius 1 is 1.45 bits per heavy atom. The highest BCUT2D eigenvalue weighted by Crippen LogP contribution is 2.20. The summed E-state index contributed by atoms with van der Waals surface area (Å²) in [5, 5.41) is 24.5. The van der Waals surface area contributed by atoms with Gasteiger partial charge in [0.25, 0.3) is 5.91 Å². The third-order valence-electron chi connectivity index (χ3n) is 3.06. The number of nitrogens with one attached hydrogen (secondary N) is 1. The molecule has 0 saturated heterocycles. The summed E-state index contributed by atoms with van der Waals surface area (Å²) in [6, 6.07) is 1.73. The van der Waals surface area contributed by atoms with Crippen molar-refractivity contribution in [3.63, 3.8) is 0 Å². The van der Waals surface area contributed by atoms with Crippen molar-refractivity contribution in [3.05, 3.63) is 22.7 Å². The largest absolute Gasteiger partial charge is 0.481 e. The number of thiophene rings is 1. The van der Waals surface area contributed by atoms with Crippen LogP contribution in [0.4, 0.5) is 0 Å². The van der Waals surface area contributed by atoms with Gasteiger partial charge in [0.2, 0.25) is 0 Å². The summed E-state index contributed by atoms with van der Waals surface area (Å²) >= 11 is 1.25. The third kappa shape index (κ3) is 3.88. The molecule has 1 unspecified atom stereocenters. The molecule has 2 N–H and O–H groups in total. The number of amides is 1. The molecule has 22 heavy (non-hydrogen) atoms. The van der Waals surface area contributed by atoms with E-state index >= 15 is 0 Å². The number of aromatic nitrogens is 4. The fraction of sp³-hybridized carbons (Fsp3) is 0.462. The van der Waals surface area contributed by atoms with Crippen LogP contribution in [0.2, 0.25) is 0 Å². The van der Waals surface area contributed by atoms with E-state index in [-0.39, 0.29) is 18.4 Å². The highest BCUT2D eigenvalue weighted by Gasteiger charge is 2.21. The first-order chi connectivity index (χ1) is 10.5. The van der Waals surface area contributed by atoms with Crippen molar-refractivity contribution < 1.29 is 14.7 Å². The molecule has 8 nitrogen and oxygen atoms in total. The molecule has 0 aromatic carbocycles. The van der Waals surface area contributed by atoms with Crippen molar-refractivity contribution in [1.82, 2.24) is 25.5 Å². The Labute approximate surface area is 131 Å². The maximum atomic E-state index is 12.3. The van der Waals surface area contributed by atoms with Gasteiger partial charge in [0, 0.05) is 6.54 Å². The molecular weight excluding hydrogens is 306 g/mol. The second kappa shape index (κ2) is 7.12. The summed E-state index contributed by atoms with van der Waals surface area (Å²) in [6.07, 6.45) is 1.91. The molecule has 2 heterocycles. The standard InChI is InChI=1S/C13H17N5O3S/c1-8(2)5-9(13(20)21)6-14-12(19)11-10(3-4-22-11)18-7-15-16-17-18/h3-4,7-9H,5-6H2,1-2H3,(H,14,19)(H,20,21). The number of carbonyl (C=O) groups is 2. The van der Waals surface area contributed by atoms with E-state index in [0.717, 1.165) is 0 Å². The second-order valence-corrected chi connectivity index (χ2v) is 6.18. The predicted octanol–water partition coefficient (Wildman–Crippen LogP) is 1.20. The molecule has 118 valence electrons. The summed E-state index contributed by atoms with van der Waals surface area (Å²) in [4.78, 5) is 23.9. The lowest BCUT2D eigenvalue weighted by atomic mass is 9.97. The third-order valence-corrected chi connectivity index (χ3v) is 3.96. The Hall–Kier alpha value is -2.29. The van der Waals surface area contributed by atoms with E-state index in [1.807, 2.05) is 13.8 Å². The van der Waals surface area contributed by atoms with Crippen molar-refractivity contribution >= 4 is 23.2 Å². The maximum Gasteiger partial charge on any atom is 0.308 e. The highest BCUT2D eigenvalue weighted by molar-refractivity contribution is 7.12. The lowest BCUT2D eigenvalue weighted by Crippen LogP contribution is -2.33. The molecule has 0 aliphatic rings. The van der Waals surface area contributed by atoms with Crippen molar-refractivity contribution in [2.45, 2.75) is 20.3 Å². The van der Waals surface area contributed by atoms with Gasteiger partial charge in [0.1, 0.15) is 11.2 Å². The molecule has 2 aromatic heterocycles. The smallest absolute Gasteiger partial charge is 0.308 e. The average molecular weight is 323 g/mol. The topological polar surface area (TPSA) is 110 Å². The highest BCUT2D eigenvalue weighted by atomic mass is 32.1. The second-order valence-electron chi connectivity index (χ2n) is 5.26.